The van der Waals surface area contributed by atoms with E-state index in [1.807, 2.05) is 0 Å². The van der Waals surface area contributed by atoms with E-state index >= 15 is 0 Å². The predicted molar refractivity (Wildman–Crippen MR) is 59.7 cm³/mol. The van der Waals surface area contributed by atoms with Crippen LogP contribution in [0.3, 0.4) is 0 Å². The Morgan fingerprint density at radius 1 is 1.28 bits per heavy atom. The monoisotopic (exact) mass is 262 g/mol. The Morgan fingerprint density at radius 3 is 2.44 bits per heavy atom. The first-order valence-electron chi connectivity index (χ1n) is 5.50. The number of hydrogen-bond donors (Lipinski definition) is 0. The number of anilines is 1. The van der Waals surface area contributed by atoms with Crippen LogP contribution in [-0.2, 0) is 18.0 Å². The molecule has 0 N–H and O–H groups in total. The van der Waals surface area contributed by atoms with E-state index in [0.29, 0.717) is 32.4 Å². The quantitative estimate of drug-likeness (QED) is 0.763. The molecule has 0 spiro atoms. The standard InChI is InChI=1S/C11H13F3N2O2/c1-15-7-9(16-2-4-18-5-3-16)8(6-10(15)17)11(12,13)14/h6-7H,2-5H2,1H3. The minimum Gasteiger partial charge on any atom is -0.378 e. The number of nitrogens with zero attached hydrogens (tertiary/aromatic N) is 2. The first-order chi connectivity index (χ1) is 8.39. The van der Waals surface area contributed by atoms with Crippen LogP contribution in [0.1, 0.15) is 5.56 Å². The van der Waals surface area contributed by atoms with Crippen LogP contribution in [0.15, 0.2) is 17.1 Å². The third-order valence-electron chi connectivity index (χ3n) is 2.86. The predicted octanol–water partition coefficient (Wildman–Crippen LogP) is 1.24. The van der Waals surface area contributed by atoms with Crippen molar-refractivity contribution < 1.29 is 17.9 Å². The zero-order chi connectivity index (χ0) is 13.3. The number of aromatic nitrogens is 1. The largest absolute Gasteiger partial charge is 0.418 e. The fourth-order valence-electron chi connectivity index (χ4n) is 1.90. The fraction of sp³-hybridized carbons (Fsp3) is 0.545. The molecule has 0 radical (unpaired) electrons. The minimum atomic E-state index is -4.53. The maximum atomic E-state index is 12.9. The molecule has 1 fully saturated rings. The van der Waals surface area contributed by atoms with Gasteiger partial charge in [0.15, 0.2) is 0 Å². The molecule has 0 saturated carbocycles. The van der Waals surface area contributed by atoms with Gasteiger partial charge in [0, 0.05) is 32.4 Å². The van der Waals surface area contributed by atoms with Crippen molar-refractivity contribution in [3.8, 4) is 0 Å². The molecule has 4 nitrogen and oxygen atoms in total. The number of halogens is 3. The van der Waals surface area contributed by atoms with E-state index < -0.39 is 17.3 Å². The summed E-state index contributed by atoms with van der Waals surface area (Å²) in [5, 5.41) is 0. The van der Waals surface area contributed by atoms with Gasteiger partial charge in [0.1, 0.15) is 0 Å². The molecule has 1 aliphatic heterocycles. The zero-order valence-electron chi connectivity index (χ0n) is 9.83. The molecule has 18 heavy (non-hydrogen) atoms. The average molecular weight is 262 g/mol. The molecule has 2 rings (SSSR count). The first-order valence-corrected chi connectivity index (χ1v) is 5.50. The molecule has 0 unspecified atom stereocenters. The number of pyridine rings is 1. The molecule has 0 bridgehead atoms. The van der Waals surface area contributed by atoms with Crippen molar-refractivity contribution in [3.05, 3.63) is 28.2 Å². The van der Waals surface area contributed by atoms with Gasteiger partial charge >= 0.3 is 6.18 Å². The highest BCUT2D eigenvalue weighted by molar-refractivity contribution is 5.53. The topological polar surface area (TPSA) is 34.5 Å². The van der Waals surface area contributed by atoms with E-state index in [0.717, 1.165) is 4.57 Å². The minimum absolute atomic E-state index is 0.0351. The molecule has 100 valence electrons. The average Bonchev–Trinajstić information content (AvgIpc) is 2.32. The Hall–Kier alpha value is -1.50. The van der Waals surface area contributed by atoms with Crippen molar-refractivity contribution in [2.75, 3.05) is 31.2 Å². The number of hydrogen-bond acceptors (Lipinski definition) is 3. The lowest BCUT2D eigenvalue weighted by Crippen LogP contribution is -2.38. The second-order valence-electron chi connectivity index (χ2n) is 4.12. The first kappa shape index (κ1) is 12.9. The van der Waals surface area contributed by atoms with Gasteiger partial charge in [-0.05, 0) is 0 Å². The van der Waals surface area contributed by atoms with E-state index in [1.54, 1.807) is 4.90 Å². The summed E-state index contributed by atoms with van der Waals surface area (Å²) < 4.78 is 45.0. The summed E-state index contributed by atoms with van der Waals surface area (Å²) in [4.78, 5) is 12.9. The second-order valence-corrected chi connectivity index (χ2v) is 4.12. The van der Waals surface area contributed by atoms with Crippen molar-refractivity contribution in [1.29, 1.82) is 0 Å². The Bertz CT molecular complexity index is 490. The Kier molecular flexibility index (Phi) is 3.34. The molecule has 1 aromatic heterocycles. The molecule has 0 amide bonds. The van der Waals surface area contributed by atoms with Crippen LogP contribution in [0.25, 0.3) is 0 Å². The van der Waals surface area contributed by atoms with Gasteiger partial charge in [-0.1, -0.05) is 0 Å². The number of rotatable bonds is 1. The molecule has 1 saturated heterocycles. The van der Waals surface area contributed by atoms with Gasteiger partial charge in [-0.3, -0.25) is 4.79 Å². The maximum Gasteiger partial charge on any atom is 0.418 e. The lowest BCUT2D eigenvalue weighted by molar-refractivity contribution is -0.137. The van der Waals surface area contributed by atoms with Crippen LogP contribution in [-0.4, -0.2) is 30.9 Å². The molecule has 1 aliphatic rings. The Balaban J connectivity index is 2.49. The van der Waals surface area contributed by atoms with Crippen LogP contribution >= 0.6 is 0 Å². The molecular formula is C11H13F3N2O2. The fourth-order valence-corrected chi connectivity index (χ4v) is 1.90. The van der Waals surface area contributed by atoms with Gasteiger partial charge in [-0.2, -0.15) is 13.2 Å². The summed E-state index contributed by atoms with van der Waals surface area (Å²) >= 11 is 0. The van der Waals surface area contributed by atoms with E-state index in [4.69, 9.17) is 4.74 Å². The van der Waals surface area contributed by atoms with Crippen LogP contribution in [0.2, 0.25) is 0 Å². The molecule has 0 aromatic carbocycles. The second kappa shape index (κ2) is 4.64. The Morgan fingerprint density at radius 2 is 1.89 bits per heavy atom. The van der Waals surface area contributed by atoms with Crippen molar-refractivity contribution in [2.24, 2.45) is 7.05 Å². The molecule has 0 atom stereocenters. The molecule has 2 heterocycles. The number of aryl methyl sites for hydroxylation is 1. The van der Waals surface area contributed by atoms with Crippen molar-refractivity contribution in [1.82, 2.24) is 4.57 Å². The van der Waals surface area contributed by atoms with Gasteiger partial charge in [-0.25, -0.2) is 0 Å². The summed E-state index contributed by atoms with van der Waals surface area (Å²) in [7, 11) is 1.44. The van der Waals surface area contributed by atoms with Gasteiger partial charge < -0.3 is 14.2 Å². The van der Waals surface area contributed by atoms with Gasteiger partial charge in [0.25, 0.3) is 5.56 Å². The summed E-state index contributed by atoms with van der Waals surface area (Å²) in [5.41, 5.74) is -1.51. The maximum absolute atomic E-state index is 12.9. The van der Waals surface area contributed by atoms with Gasteiger partial charge in [0.05, 0.1) is 24.5 Å². The van der Waals surface area contributed by atoms with Gasteiger partial charge in [-0.15, -0.1) is 0 Å². The lowest BCUT2D eigenvalue weighted by Gasteiger charge is -2.31. The van der Waals surface area contributed by atoms with E-state index in [9.17, 15) is 18.0 Å². The molecule has 0 aliphatic carbocycles. The third-order valence-corrected chi connectivity index (χ3v) is 2.86. The summed E-state index contributed by atoms with van der Waals surface area (Å²) in [6, 6.07) is 0.644. The van der Waals surface area contributed by atoms with E-state index in [1.165, 1.54) is 13.2 Å². The van der Waals surface area contributed by atoms with Gasteiger partial charge in [0.2, 0.25) is 0 Å². The van der Waals surface area contributed by atoms with Crippen LogP contribution in [0.5, 0.6) is 0 Å². The number of alkyl halides is 3. The summed E-state index contributed by atoms with van der Waals surface area (Å²) in [6.07, 6.45) is -3.29. The van der Waals surface area contributed by atoms with Crippen molar-refractivity contribution in [3.63, 3.8) is 0 Å². The van der Waals surface area contributed by atoms with Crippen LogP contribution < -0.4 is 10.5 Å². The SMILES string of the molecule is Cn1cc(N2CCOCC2)c(C(F)(F)F)cc1=O. The zero-order valence-corrected chi connectivity index (χ0v) is 9.83. The third kappa shape index (κ3) is 2.50. The lowest BCUT2D eigenvalue weighted by atomic mass is 10.2. The smallest absolute Gasteiger partial charge is 0.378 e. The van der Waals surface area contributed by atoms with Crippen LogP contribution in [0.4, 0.5) is 18.9 Å². The number of morpholine rings is 1. The summed E-state index contributed by atoms with van der Waals surface area (Å²) in [6.45, 7) is 1.56. The normalized spacial score (nSPS) is 17.0. The van der Waals surface area contributed by atoms with E-state index in [2.05, 4.69) is 0 Å². The highest BCUT2D eigenvalue weighted by atomic mass is 19.4. The van der Waals surface area contributed by atoms with Crippen molar-refractivity contribution >= 4 is 5.69 Å². The molecule has 7 heteroatoms. The highest BCUT2D eigenvalue weighted by Gasteiger charge is 2.36. The molecular weight excluding hydrogens is 249 g/mol. The van der Waals surface area contributed by atoms with E-state index in [-0.39, 0.29) is 5.69 Å². The molecule has 1 aromatic rings. The summed E-state index contributed by atoms with van der Waals surface area (Å²) in [5.74, 6) is 0. The van der Waals surface area contributed by atoms with Crippen molar-refractivity contribution in [2.45, 2.75) is 6.18 Å². The highest BCUT2D eigenvalue weighted by Crippen LogP contribution is 2.35. The van der Waals surface area contributed by atoms with Crippen LogP contribution in [0, 0.1) is 0 Å². The number of ether oxygens (including phenoxy) is 1. The Labute approximate surface area is 102 Å².